The molecule has 0 saturated heterocycles. The van der Waals surface area contributed by atoms with E-state index in [0.717, 1.165) is 5.56 Å². The second-order valence-electron chi connectivity index (χ2n) is 8.11. The molecule has 5 nitrogen and oxygen atoms in total. The van der Waals surface area contributed by atoms with Gasteiger partial charge in [0.1, 0.15) is 0 Å². The summed E-state index contributed by atoms with van der Waals surface area (Å²) < 4.78 is 91.2. The molecule has 1 N–H and O–H groups in total. The molecule has 0 unspecified atom stereocenters. The van der Waals surface area contributed by atoms with Crippen LogP contribution in [0.2, 0.25) is 0 Å². The monoisotopic (exact) mass is 639 g/mol. The molecule has 3 aromatic rings. The van der Waals surface area contributed by atoms with E-state index in [1.165, 1.54) is 22.0 Å². The Hall–Kier alpha value is -2.45. The fourth-order valence-corrected chi connectivity index (χ4v) is 11.1. The van der Waals surface area contributed by atoms with Gasteiger partial charge in [-0.05, 0) is 0 Å². The molecule has 0 amide bonds. The van der Waals surface area contributed by atoms with Crippen molar-refractivity contribution in [1.82, 2.24) is 0 Å². The summed E-state index contributed by atoms with van der Waals surface area (Å²) >= 11 is -2.02. The van der Waals surface area contributed by atoms with Crippen LogP contribution in [0.15, 0.2) is 72.8 Å². The van der Waals surface area contributed by atoms with Crippen molar-refractivity contribution < 1.29 is 40.1 Å². The van der Waals surface area contributed by atoms with E-state index in [1.807, 2.05) is 48.5 Å². The summed E-state index contributed by atoms with van der Waals surface area (Å²) in [6.45, 7) is -1.12. The Morgan fingerprint density at radius 3 is 1.92 bits per heavy atom. The fourth-order valence-electron chi connectivity index (χ4n) is 3.84. The standard InChI is InChI=1S/C25H21F4O5STe/c26-24(27,25(28,29)35(31,32)33)15-16-34-23(30)14-11-17-9-12-18(13-10-17)36-21-7-3-1-5-19(21)20-6-2-4-8-22(20)36/h1-10,12-13H,11,14-16H2,(H,31,32,33). The van der Waals surface area contributed by atoms with E-state index >= 15 is 0 Å². The minimum absolute atomic E-state index is 0.172. The number of benzene rings is 3. The van der Waals surface area contributed by atoms with Crippen molar-refractivity contribution in [3.05, 3.63) is 78.4 Å². The fraction of sp³-hybridized carbons (Fsp3) is 0.240. The van der Waals surface area contributed by atoms with Crippen LogP contribution in [-0.2, 0) is 26.1 Å². The van der Waals surface area contributed by atoms with Crippen molar-refractivity contribution in [3.8, 4) is 11.1 Å². The minimum atomic E-state index is -6.32. The number of esters is 1. The molecular formula is C25H21F4O5STe. The van der Waals surface area contributed by atoms with E-state index in [4.69, 9.17) is 4.55 Å². The zero-order valence-corrected chi connectivity index (χ0v) is 21.8. The topological polar surface area (TPSA) is 80.7 Å². The quantitative estimate of drug-likeness (QED) is 0.132. The van der Waals surface area contributed by atoms with E-state index in [9.17, 15) is 30.8 Å². The summed E-state index contributed by atoms with van der Waals surface area (Å²) in [6, 6.07) is 24.6. The minimum Gasteiger partial charge on any atom is -0.281 e. The first-order chi connectivity index (χ1) is 16.9. The van der Waals surface area contributed by atoms with E-state index in [-0.39, 0.29) is 12.8 Å². The van der Waals surface area contributed by atoms with Crippen LogP contribution >= 0.6 is 0 Å². The van der Waals surface area contributed by atoms with Gasteiger partial charge in [0.2, 0.25) is 0 Å². The van der Waals surface area contributed by atoms with Crippen LogP contribution in [0, 0.1) is 0 Å². The third kappa shape index (κ3) is 5.16. The van der Waals surface area contributed by atoms with Crippen LogP contribution in [-0.4, -0.2) is 56.3 Å². The van der Waals surface area contributed by atoms with Gasteiger partial charge in [-0.15, -0.1) is 0 Å². The Bertz CT molecular complexity index is 1330. The number of halogens is 4. The van der Waals surface area contributed by atoms with E-state index in [0.29, 0.717) is 0 Å². The van der Waals surface area contributed by atoms with Gasteiger partial charge in [-0.3, -0.25) is 4.55 Å². The molecule has 191 valence electrons. The predicted molar refractivity (Wildman–Crippen MR) is 128 cm³/mol. The summed E-state index contributed by atoms with van der Waals surface area (Å²) in [5, 5.41) is -5.68. The van der Waals surface area contributed by atoms with Crippen LogP contribution in [0.5, 0.6) is 0 Å². The molecule has 1 aliphatic heterocycles. The molecule has 0 fully saturated rings. The van der Waals surface area contributed by atoms with Gasteiger partial charge in [-0.1, -0.05) is 0 Å². The number of rotatable bonds is 9. The van der Waals surface area contributed by atoms with Crippen molar-refractivity contribution in [2.75, 3.05) is 6.61 Å². The summed E-state index contributed by atoms with van der Waals surface area (Å²) in [6.07, 6.45) is -1.68. The normalized spacial score (nSPS) is 13.8. The van der Waals surface area contributed by atoms with Crippen molar-refractivity contribution >= 4 is 46.5 Å². The van der Waals surface area contributed by atoms with Crippen molar-refractivity contribution in [2.24, 2.45) is 0 Å². The number of hydrogen-bond acceptors (Lipinski definition) is 4. The predicted octanol–water partition coefficient (Wildman–Crippen LogP) is 3.17. The number of hydrogen-bond donors (Lipinski definition) is 1. The maximum absolute atomic E-state index is 13.5. The third-order valence-corrected chi connectivity index (χ3v) is 13.3. The molecule has 1 radical (unpaired) electrons. The van der Waals surface area contributed by atoms with E-state index in [2.05, 4.69) is 29.0 Å². The number of fused-ring (bicyclic) bond motifs is 3. The first-order valence-electron chi connectivity index (χ1n) is 10.8. The summed E-state index contributed by atoms with van der Waals surface area (Å²) in [5.74, 6) is -5.99. The molecule has 0 bridgehead atoms. The van der Waals surface area contributed by atoms with E-state index < -0.39 is 59.8 Å². The SMILES string of the molecule is O=C(CCc1ccc([Te]2c3ccccc3-c3ccccc32)cc1)OCCC(F)(F)C(F)(F)S(=O)(=O)O. The van der Waals surface area contributed by atoms with Crippen molar-refractivity contribution in [1.29, 1.82) is 0 Å². The molecule has 3 aromatic carbocycles. The molecule has 1 aliphatic rings. The Morgan fingerprint density at radius 1 is 0.861 bits per heavy atom. The number of carbonyl (C=O) groups excluding carboxylic acids is 1. The number of carbonyl (C=O) groups is 1. The summed E-state index contributed by atoms with van der Waals surface area (Å²) in [4.78, 5) is 11.9. The molecule has 0 atom stereocenters. The molecular weight excluding hydrogens is 616 g/mol. The molecule has 4 rings (SSSR count). The zero-order chi connectivity index (χ0) is 26.1. The second kappa shape index (κ2) is 10.1. The number of alkyl halides is 4. The van der Waals surface area contributed by atoms with Gasteiger partial charge >= 0.3 is 191 Å². The van der Waals surface area contributed by atoms with Crippen LogP contribution in [0.25, 0.3) is 11.1 Å². The summed E-state index contributed by atoms with van der Waals surface area (Å²) in [5.41, 5.74) is 3.34. The maximum atomic E-state index is 13.5. The molecule has 0 spiro atoms. The first kappa shape index (κ1) is 26.6. The van der Waals surface area contributed by atoms with Gasteiger partial charge < -0.3 is 0 Å². The van der Waals surface area contributed by atoms with Gasteiger partial charge in [0.05, 0.1) is 0 Å². The van der Waals surface area contributed by atoms with Crippen LogP contribution < -0.4 is 10.8 Å². The molecule has 0 aromatic heterocycles. The van der Waals surface area contributed by atoms with Crippen molar-refractivity contribution in [3.63, 3.8) is 0 Å². The van der Waals surface area contributed by atoms with Crippen molar-refractivity contribution in [2.45, 2.75) is 30.4 Å². The van der Waals surface area contributed by atoms with Crippen LogP contribution in [0.1, 0.15) is 18.4 Å². The Morgan fingerprint density at radius 2 is 1.39 bits per heavy atom. The van der Waals surface area contributed by atoms with Gasteiger partial charge in [-0.2, -0.15) is 17.2 Å². The van der Waals surface area contributed by atoms with Gasteiger partial charge in [0.15, 0.2) is 0 Å². The van der Waals surface area contributed by atoms with Crippen LogP contribution in [0.4, 0.5) is 17.6 Å². The van der Waals surface area contributed by atoms with Gasteiger partial charge in [0, 0.05) is 0 Å². The second-order valence-corrected chi connectivity index (χ2v) is 15.2. The average Bonchev–Trinajstić information content (AvgIpc) is 3.17. The molecule has 1 heterocycles. The Balaban J connectivity index is 1.34. The molecule has 0 saturated carbocycles. The third-order valence-electron chi connectivity index (χ3n) is 5.71. The Kier molecular flexibility index (Phi) is 7.49. The number of ether oxygens (including phenoxy) is 1. The molecule has 36 heavy (non-hydrogen) atoms. The average molecular weight is 637 g/mol. The Labute approximate surface area is 212 Å². The van der Waals surface area contributed by atoms with Gasteiger partial charge in [-0.25, -0.2) is 0 Å². The number of aryl methyl sites for hydroxylation is 1. The van der Waals surface area contributed by atoms with Gasteiger partial charge in [0.25, 0.3) is 0 Å². The smallest absolute Gasteiger partial charge is 0.281 e. The van der Waals surface area contributed by atoms with Crippen LogP contribution in [0.3, 0.4) is 0 Å². The zero-order valence-electron chi connectivity index (χ0n) is 18.7. The van der Waals surface area contributed by atoms with E-state index in [1.54, 1.807) is 0 Å². The first-order valence-corrected chi connectivity index (χ1v) is 15.8. The molecule has 11 heteroatoms. The summed E-state index contributed by atoms with van der Waals surface area (Å²) in [7, 11) is -6.32. The molecule has 0 aliphatic carbocycles.